The molecule has 0 amide bonds. The van der Waals surface area contributed by atoms with Crippen LogP contribution >= 0.6 is 0 Å². The summed E-state index contributed by atoms with van der Waals surface area (Å²) in [5.41, 5.74) is 5.32. The van der Waals surface area contributed by atoms with Crippen LogP contribution in [0.4, 0.5) is 11.4 Å². The molecule has 1 fully saturated rings. The Morgan fingerprint density at radius 1 is 1.09 bits per heavy atom. The van der Waals surface area contributed by atoms with Crippen LogP contribution in [-0.2, 0) is 10.0 Å². The number of hydrogen-bond acceptors (Lipinski definition) is 3. The molecule has 5 heteroatoms. The zero-order chi connectivity index (χ0) is 24.1. The van der Waals surface area contributed by atoms with Gasteiger partial charge in [-0.25, -0.2) is 8.42 Å². The Morgan fingerprint density at radius 2 is 1.82 bits per heavy atom. The summed E-state index contributed by atoms with van der Waals surface area (Å²) in [5, 5.41) is 3.35. The van der Waals surface area contributed by atoms with Gasteiger partial charge in [-0.3, -0.25) is 4.31 Å². The molecular weight excluding hydrogens is 440 g/mol. The van der Waals surface area contributed by atoms with Crippen molar-refractivity contribution < 1.29 is 8.42 Å². The van der Waals surface area contributed by atoms with Crippen LogP contribution < -0.4 is 9.62 Å². The monoisotopic (exact) mass is 476 g/mol. The Balaban J connectivity index is 1.51. The van der Waals surface area contributed by atoms with Crippen LogP contribution in [0.15, 0.2) is 60.0 Å². The van der Waals surface area contributed by atoms with Gasteiger partial charge in [0.2, 0.25) is 0 Å². The quantitative estimate of drug-likeness (QED) is 0.385. The summed E-state index contributed by atoms with van der Waals surface area (Å²) in [6, 6.07) is 11.6. The van der Waals surface area contributed by atoms with Crippen molar-refractivity contribution in [2.24, 2.45) is 17.3 Å². The Hall–Kier alpha value is -2.53. The molecule has 2 aromatic rings. The Bertz CT molecular complexity index is 1250. The van der Waals surface area contributed by atoms with Crippen LogP contribution in [-0.4, -0.2) is 21.5 Å². The number of allylic oxidation sites excluding steroid dienone is 3. The zero-order valence-corrected chi connectivity index (χ0v) is 21.4. The molecule has 1 aliphatic heterocycles. The van der Waals surface area contributed by atoms with Crippen molar-refractivity contribution in [2.45, 2.75) is 57.8 Å². The van der Waals surface area contributed by atoms with Gasteiger partial charge in [0, 0.05) is 12.0 Å². The Kier molecular flexibility index (Phi) is 5.87. The molecule has 1 heterocycles. The lowest BCUT2D eigenvalue weighted by Crippen LogP contribution is -2.39. The molecule has 2 aromatic carbocycles. The summed E-state index contributed by atoms with van der Waals surface area (Å²) < 4.78 is 29.6. The van der Waals surface area contributed by atoms with E-state index in [0.717, 1.165) is 39.6 Å². The third-order valence-electron chi connectivity index (χ3n) is 8.21. The van der Waals surface area contributed by atoms with Crippen LogP contribution in [0.3, 0.4) is 0 Å². The predicted molar refractivity (Wildman–Crippen MR) is 142 cm³/mol. The molecular formula is C29H36N2O2S. The second kappa shape index (κ2) is 8.60. The SMILES string of the molecule is C=C(c1cccc(S(=O)(=O)N2CCNc3cccc(C)c32)c1C)C1(C2CCCCC(C)C2)C=C1. The smallest absolute Gasteiger partial charge is 0.264 e. The fraction of sp³-hybridized carbons (Fsp3) is 0.448. The van der Waals surface area contributed by atoms with E-state index in [9.17, 15) is 8.42 Å². The van der Waals surface area contributed by atoms with Gasteiger partial charge in [-0.15, -0.1) is 0 Å². The van der Waals surface area contributed by atoms with E-state index in [0.29, 0.717) is 23.9 Å². The lowest BCUT2D eigenvalue weighted by Gasteiger charge is -2.34. The Morgan fingerprint density at radius 3 is 2.59 bits per heavy atom. The fourth-order valence-electron chi connectivity index (χ4n) is 6.20. The van der Waals surface area contributed by atoms with Crippen molar-refractivity contribution in [1.29, 1.82) is 0 Å². The van der Waals surface area contributed by atoms with E-state index >= 15 is 0 Å². The summed E-state index contributed by atoms with van der Waals surface area (Å²) in [6.45, 7) is 11.8. The third-order valence-corrected chi connectivity index (χ3v) is 10.1. The maximum atomic E-state index is 14.0. The van der Waals surface area contributed by atoms with Gasteiger partial charge in [0.25, 0.3) is 10.0 Å². The van der Waals surface area contributed by atoms with Crippen LogP contribution in [0.2, 0.25) is 0 Å². The normalized spacial score (nSPS) is 23.6. The Labute approximate surface area is 204 Å². The van der Waals surface area contributed by atoms with Gasteiger partial charge in [-0.05, 0) is 72.9 Å². The van der Waals surface area contributed by atoms with Crippen LogP contribution in [0.1, 0.15) is 55.7 Å². The number of sulfonamides is 1. The number of para-hydroxylation sites is 1. The number of nitrogens with one attached hydrogen (secondary N) is 1. The second-order valence-electron chi connectivity index (χ2n) is 10.5. The zero-order valence-electron chi connectivity index (χ0n) is 20.6. The highest BCUT2D eigenvalue weighted by molar-refractivity contribution is 7.93. The first kappa shape index (κ1) is 23.2. The van der Waals surface area contributed by atoms with Crippen molar-refractivity contribution in [3.05, 3.63) is 71.8 Å². The first-order chi connectivity index (χ1) is 16.3. The molecule has 2 aliphatic carbocycles. The van der Waals surface area contributed by atoms with Crippen LogP contribution in [0.25, 0.3) is 5.57 Å². The molecule has 0 aromatic heterocycles. The highest BCUT2D eigenvalue weighted by atomic mass is 32.2. The van der Waals surface area contributed by atoms with E-state index in [4.69, 9.17) is 0 Å². The van der Waals surface area contributed by atoms with Gasteiger partial charge in [-0.2, -0.15) is 0 Å². The summed E-state index contributed by atoms with van der Waals surface area (Å²) in [5.74, 6) is 1.28. The average molecular weight is 477 g/mol. The molecule has 180 valence electrons. The molecule has 0 radical (unpaired) electrons. The van der Waals surface area contributed by atoms with Crippen LogP contribution in [0, 0.1) is 31.1 Å². The first-order valence-electron chi connectivity index (χ1n) is 12.6. The molecule has 34 heavy (non-hydrogen) atoms. The molecule has 3 aliphatic rings. The number of nitrogens with zero attached hydrogens (tertiary/aromatic N) is 1. The third kappa shape index (κ3) is 3.78. The van der Waals surface area contributed by atoms with Gasteiger partial charge in [0.1, 0.15) is 0 Å². The van der Waals surface area contributed by atoms with E-state index in [1.165, 1.54) is 32.1 Å². The minimum atomic E-state index is -3.72. The van der Waals surface area contributed by atoms with Gasteiger partial charge < -0.3 is 5.32 Å². The molecule has 0 saturated heterocycles. The molecule has 0 spiro atoms. The largest absolute Gasteiger partial charge is 0.382 e. The van der Waals surface area contributed by atoms with E-state index in [-0.39, 0.29) is 5.41 Å². The van der Waals surface area contributed by atoms with Gasteiger partial charge in [-0.1, -0.05) is 69.2 Å². The van der Waals surface area contributed by atoms with Gasteiger partial charge in [0.15, 0.2) is 0 Å². The van der Waals surface area contributed by atoms with E-state index in [1.807, 2.05) is 38.1 Å². The minimum Gasteiger partial charge on any atom is -0.382 e. The van der Waals surface area contributed by atoms with Gasteiger partial charge in [0.05, 0.1) is 22.8 Å². The lowest BCUT2D eigenvalue weighted by atomic mass is 9.73. The average Bonchev–Trinajstić information content (AvgIpc) is 3.64. The van der Waals surface area contributed by atoms with Crippen molar-refractivity contribution in [1.82, 2.24) is 0 Å². The van der Waals surface area contributed by atoms with Crippen LogP contribution in [0.5, 0.6) is 0 Å². The summed E-state index contributed by atoms with van der Waals surface area (Å²) in [7, 11) is -3.72. The minimum absolute atomic E-state index is 0.0933. The summed E-state index contributed by atoms with van der Waals surface area (Å²) in [6.07, 6.45) is 10.9. The number of aryl methyl sites for hydroxylation is 1. The van der Waals surface area contributed by atoms with E-state index in [1.54, 1.807) is 10.4 Å². The molecule has 1 saturated carbocycles. The number of fused-ring (bicyclic) bond motifs is 1. The molecule has 5 rings (SSSR count). The van der Waals surface area contributed by atoms with Crippen molar-refractivity contribution in [3.8, 4) is 0 Å². The van der Waals surface area contributed by atoms with Crippen molar-refractivity contribution in [3.63, 3.8) is 0 Å². The van der Waals surface area contributed by atoms with Gasteiger partial charge >= 0.3 is 0 Å². The number of benzene rings is 2. The summed E-state index contributed by atoms with van der Waals surface area (Å²) >= 11 is 0. The maximum Gasteiger partial charge on any atom is 0.264 e. The second-order valence-corrected chi connectivity index (χ2v) is 12.3. The van der Waals surface area contributed by atoms with E-state index in [2.05, 4.69) is 37.0 Å². The number of hydrogen-bond donors (Lipinski definition) is 1. The van der Waals surface area contributed by atoms with Crippen molar-refractivity contribution >= 4 is 27.0 Å². The number of rotatable bonds is 5. The highest BCUT2D eigenvalue weighted by Crippen LogP contribution is 2.57. The van der Waals surface area contributed by atoms with E-state index < -0.39 is 10.0 Å². The summed E-state index contributed by atoms with van der Waals surface area (Å²) in [4.78, 5) is 0.382. The lowest BCUT2D eigenvalue weighted by molar-refractivity contribution is 0.330. The fourth-order valence-corrected chi connectivity index (χ4v) is 8.00. The maximum absolute atomic E-state index is 14.0. The van der Waals surface area contributed by atoms with Crippen molar-refractivity contribution in [2.75, 3.05) is 22.7 Å². The number of anilines is 2. The highest BCUT2D eigenvalue weighted by Gasteiger charge is 2.46. The topological polar surface area (TPSA) is 49.4 Å². The molecule has 1 N–H and O–H groups in total. The molecule has 2 unspecified atom stereocenters. The standard InChI is InChI=1S/C29H36N2O2S/c1-20-9-5-6-11-24(19-20)29(15-16-29)23(4)25-12-8-14-27(22(25)3)34(32,33)31-18-17-30-26-13-7-10-21(2)28(26)31/h7-8,10,12-16,20,24,30H,4-6,9,11,17-19H2,1-3H3. The molecule has 2 atom stereocenters. The molecule has 0 bridgehead atoms. The molecule has 4 nitrogen and oxygen atoms in total. The first-order valence-corrected chi connectivity index (χ1v) is 14.1. The predicted octanol–water partition coefficient (Wildman–Crippen LogP) is 6.71.